The molecular formula is C13H20BrFN2. The number of halogens is 2. The van der Waals surface area contributed by atoms with Gasteiger partial charge in [-0.2, -0.15) is 0 Å². The van der Waals surface area contributed by atoms with Crippen molar-refractivity contribution in [1.82, 2.24) is 9.80 Å². The molecule has 96 valence electrons. The molecule has 0 spiro atoms. The van der Waals surface area contributed by atoms with Gasteiger partial charge in [0.05, 0.1) is 0 Å². The van der Waals surface area contributed by atoms with Crippen LogP contribution in [0.15, 0.2) is 22.5 Å². The number of hydrogen-bond donors (Lipinski definition) is 0. The van der Waals surface area contributed by atoms with Gasteiger partial charge in [-0.05, 0) is 19.9 Å². The van der Waals surface area contributed by atoms with Gasteiger partial charge in [0.15, 0.2) is 0 Å². The lowest BCUT2D eigenvalue weighted by Crippen LogP contribution is -2.51. The van der Waals surface area contributed by atoms with E-state index in [-0.39, 0.29) is 11.9 Å². The van der Waals surface area contributed by atoms with E-state index in [0.717, 1.165) is 30.7 Å². The highest BCUT2D eigenvalue weighted by atomic mass is 79.9. The first-order chi connectivity index (χ1) is 8.06. The first-order valence-corrected chi connectivity index (χ1v) is 7.07. The molecule has 17 heavy (non-hydrogen) atoms. The molecule has 0 amide bonds. The van der Waals surface area contributed by atoms with E-state index in [0.29, 0.717) is 12.5 Å². The summed E-state index contributed by atoms with van der Waals surface area (Å²) in [6, 6.07) is 0.839. The van der Waals surface area contributed by atoms with Crippen LogP contribution in [0.5, 0.6) is 0 Å². The molecule has 1 aliphatic carbocycles. The van der Waals surface area contributed by atoms with Gasteiger partial charge >= 0.3 is 0 Å². The average molecular weight is 303 g/mol. The quantitative estimate of drug-likeness (QED) is 0.774. The van der Waals surface area contributed by atoms with E-state index in [1.165, 1.54) is 0 Å². The van der Waals surface area contributed by atoms with Gasteiger partial charge in [0.1, 0.15) is 5.83 Å². The molecule has 1 fully saturated rings. The lowest BCUT2D eigenvalue weighted by atomic mass is 10.0. The second-order valence-electron chi connectivity index (χ2n) is 5.08. The first kappa shape index (κ1) is 13.2. The third kappa shape index (κ3) is 3.39. The Bertz CT molecular complexity index is 330. The van der Waals surface area contributed by atoms with Crippen molar-refractivity contribution in [3.8, 4) is 0 Å². The molecule has 2 aliphatic rings. The monoisotopic (exact) mass is 302 g/mol. The van der Waals surface area contributed by atoms with Crippen LogP contribution in [0.2, 0.25) is 0 Å². The normalized spacial score (nSPS) is 28.2. The van der Waals surface area contributed by atoms with Crippen LogP contribution >= 0.6 is 15.9 Å². The molecule has 1 atom stereocenters. The van der Waals surface area contributed by atoms with Crippen LogP contribution in [-0.4, -0.2) is 48.1 Å². The number of nitrogens with zero attached hydrogens (tertiary/aromatic N) is 2. The van der Waals surface area contributed by atoms with Gasteiger partial charge < -0.3 is 0 Å². The number of allylic oxidation sites excluding steroid dienone is 2. The van der Waals surface area contributed by atoms with Crippen LogP contribution in [0.3, 0.4) is 0 Å². The molecule has 0 N–H and O–H groups in total. The lowest BCUT2D eigenvalue weighted by Gasteiger charge is -2.40. The molecule has 0 saturated carbocycles. The highest BCUT2D eigenvalue weighted by Crippen LogP contribution is 2.26. The summed E-state index contributed by atoms with van der Waals surface area (Å²) in [6.07, 6.45) is 4.21. The van der Waals surface area contributed by atoms with Crippen LogP contribution in [-0.2, 0) is 0 Å². The highest BCUT2D eigenvalue weighted by molar-refractivity contribution is 9.11. The minimum absolute atomic E-state index is 0.0179. The lowest BCUT2D eigenvalue weighted by molar-refractivity contribution is 0.0893. The van der Waals surface area contributed by atoms with Gasteiger partial charge in [0.25, 0.3) is 0 Å². The molecule has 4 heteroatoms. The molecule has 0 aromatic heterocycles. The second kappa shape index (κ2) is 5.63. The van der Waals surface area contributed by atoms with Crippen LogP contribution in [0.1, 0.15) is 20.3 Å². The number of rotatable bonds is 2. The summed E-state index contributed by atoms with van der Waals surface area (Å²) in [6.45, 7) is 8.71. The Labute approximate surface area is 111 Å². The first-order valence-electron chi connectivity index (χ1n) is 6.28. The molecule has 1 unspecified atom stereocenters. The maximum absolute atomic E-state index is 13.4. The Balaban J connectivity index is 1.92. The third-order valence-corrected chi connectivity index (χ3v) is 4.09. The predicted molar refractivity (Wildman–Crippen MR) is 72.9 cm³/mol. The van der Waals surface area contributed by atoms with Gasteiger partial charge in [-0.15, -0.1) is 0 Å². The summed E-state index contributed by atoms with van der Waals surface area (Å²) < 4.78 is 14.3. The molecular weight excluding hydrogens is 283 g/mol. The maximum atomic E-state index is 13.4. The zero-order valence-corrected chi connectivity index (χ0v) is 12.1. The zero-order valence-electron chi connectivity index (χ0n) is 10.5. The molecule has 2 nitrogen and oxygen atoms in total. The van der Waals surface area contributed by atoms with Gasteiger partial charge in [0, 0.05) is 49.2 Å². The summed E-state index contributed by atoms with van der Waals surface area (Å²) in [5.41, 5.74) is 0. The van der Waals surface area contributed by atoms with Gasteiger partial charge in [-0.25, -0.2) is 4.39 Å². The summed E-state index contributed by atoms with van der Waals surface area (Å²) in [7, 11) is 0. The van der Waals surface area contributed by atoms with Crippen molar-refractivity contribution in [2.45, 2.75) is 32.4 Å². The molecule has 1 heterocycles. The van der Waals surface area contributed by atoms with Gasteiger partial charge in [-0.3, -0.25) is 9.80 Å². The zero-order chi connectivity index (χ0) is 12.4. The van der Waals surface area contributed by atoms with E-state index < -0.39 is 0 Å². The van der Waals surface area contributed by atoms with E-state index in [2.05, 4.69) is 45.7 Å². The summed E-state index contributed by atoms with van der Waals surface area (Å²) in [5, 5.41) is 0. The summed E-state index contributed by atoms with van der Waals surface area (Å²) in [4.78, 5) is 4.86. The smallest absolute Gasteiger partial charge is 0.103 e. The van der Waals surface area contributed by atoms with Gasteiger partial charge in [-0.1, -0.05) is 22.0 Å². The molecule has 0 radical (unpaired) electrons. The summed E-state index contributed by atoms with van der Waals surface area (Å²) in [5.74, 6) is -0.0179. The van der Waals surface area contributed by atoms with Crippen molar-refractivity contribution in [3.05, 3.63) is 22.5 Å². The minimum Gasteiger partial charge on any atom is -0.298 e. The standard InChI is InChI=1S/C13H20BrFN2/c1-10(2)16-3-5-17(6-4-16)13-8-11(14)7-12(15)9-13/h7-8,10,13H,3-6,9H2,1-2H3. The van der Waals surface area contributed by atoms with E-state index in [1.807, 2.05) is 0 Å². The van der Waals surface area contributed by atoms with Crippen molar-refractivity contribution in [3.63, 3.8) is 0 Å². The molecule has 2 rings (SSSR count). The fourth-order valence-electron chi connectivity index (χ4n) is 2.52. The van der Waals surface area contributed by atoms with E-state index in [4.69, 9.17) is 0 Å². The third-order valence-electron chi connectivity index (χ3n) is 3.60. The predicted octanol–water partition coefficient (Wildman–Crippen LogP) is 2.92. The van der Waals surface area contributed by atoms with E-state index in [9.17, 15) is 4.39 Å². The maximum Gasteiger partial charge on any atom is 0.103 e. The SMILES string of the molecule is CC(C)N1CCN(C2C=C(Br)C=C(F)C2)CC1. The fourth-order valence-corrected chi connectivity index (χ4v) is 3.07. The molecule has 0 bridgehead atoms. The largest absolute Gasteiger partial charge is 0.298 e. The number of piperazine rings is 1. The minimum atomic E-state index is -0.0179. The average Bonchev–Trinajstić information content (AvgIpc) is 2.28. The Morgan fingerprint density at radius 3 is 2.47 bits per heavy atom. The molecule has 0 aromatic carbocycles. The van der Waals surface area contributed by atoms with Crippen molar-refractivity contribution in [2.24, 2.45) is 0 Å². The Morgan fingerprint density at radius 2 is 1.94 bits per heavy atom. The molecule has 1 saturated heterocycles. The Kier molecular flexibility index (Phi) is 4.39. The van der Waals surface area contributed by atoms with Crippen molar-refractivity contribution in [1.29, 1.82) is 0 Å². The van der Waals surface area contributed by atoms with E-state index >= 15 is 0 Å². The molecule has 1 aliphatic heterocycles. The Hall–Kier alpha value is -0.190. The Morgan fingerprint density at radius 1 is 1.29 bits per heavy atom. The van der Waals surface area contributed by atoms with Crippen molar-refractivity contribution >= 4 is 15.9 Å². The topological polar surface area (TPSA) is 6.48 Å². The second-order valence-corrected chi connectivity index (χ2v) is 6.00. The van der Waals surface area contributed by atoms with Crippen molar-refractivity contribution in [2.75, 3.05) is 26.2 Å². The van der Waals surface area contributed by atoms with Crippen LogP contribution in [0.4, 0.5) is 4.39 Å². The van der Waals surface area contributed by atoms with Crippen molar-refractivity contribution < 1.29 is 4.39 Å². The summed E-state index contributed by atoms with van der Waals surface area (Å²) >= 11 is 3.38. The fraction of sp³-hybridized carbons (Fsp3) is 0.692. The van der Waals surface area contributed by atoms with Crippen LogP contribution < -0.4 is 0 Å². The van der Waals surface area contributed by atoms with Gasteiger partial charge in [0.2, 0.25) is 0 Å². The van der Waals surface area contributed by atoms with Crippen LogP contribution in [0.25, 0.3) is 0 Å². The number of hydrogen-bond acceptors (Lipinski definition) is 2. The molecule has 0 aromatic rings. The highest BCUT2D eigenvalue weighted by Gasteiger charge is 2.26. The van der Waals surface area contributed by atoms with Crippen LogP contribution in [0, 0.1) is 0 Å². The van der Waals surface area contributed by atoms with E-state index in [1.54, 1.807) is 6.08 Å².